The van der Waals surface area contributed by atoms with Crippen LogP contribution in [0.4, 0.5) is 5.95 Å². The topological polar surface area (TPSA) is 85.4 Å². The molecular weight excluding hydrogens is 402 g/mol. The number of ether oxygens (including phenoxy) is 1. The van der Waals surface area contributed by atoms with E-state index in [-0.39, 0.29) is 11.7 Å². The Labute approximate surface area is 179 Å². The van der Waals surface area contributed by atoms with Crippen molar-refractivity contribution in [2.24, 2.45) is 0 Å². The summed E-state index contributed by atoms with van der Waals surface area (Å²) in [6.45, 7) is 2.94. The first-order chi connectivity index (χ1) is 14.7. The molecule has 2 aromatic heterocycles. The number of rotatable bonds is 9. The maximum absolute atomic E-state index is 12.4. The van der Waals surface area contributed by atoms with Gasteiger partial charge in [0.15, 0.2) is 5.16 Å². The van der Waals surface area contributed by atoms with Crippen molar-refractivity contribution in [3.63, 3.8) is 0 Å². The van der Waals surface area contributed by atoms with E-state index < -0.39 is 0 Å². The molecule has 8 nitrogen and oxygen atoms in total. The summed E-state index contributed by atoms with van der Waals surface area (Å²) in [5.74, 6) is 2.65. The SMILES string of the molecule is COc1cccc(CNC(=O)CSc2nnc(N3CCCC3)n2Cc2ccco2)c1. The third-order valence-electron chi connectivity index (χ3n) is 4.94. The van der Waals surface area contributed by atoms with Crippen LogP contribution in [0.15, 0.2) is 52.2 Å². The van der Waals surface area contributed by atoms with E-state index in [0.29, 0.717) is 18.2 Å². The number of carbonyl (C=O) groups is 1. The molecule has 3 aromatic rings. The average Bonchev–Trinajstić information content (AvgIpc) is 3.53. The number of aromatic nitrogens is 3. The molecule has 1 aliphatic rings. The second-order valence-corrected chi connectivity index (χ2v) is 8.00. The third kappa shape index (κ3) is 4.96. The van der Waals surface area contributed by atoms with Gasteiger partial charge >= 0.3 is 0 Å². The zero-order valence-electron chi connectivity index (χ0n) is 16.9. The van der Waals surface area contributed by atoms with Crippen molar-refractivity contribution in [3.05, 3.63) is 54.0 Å². The van der Waals surface area contributed by atoms with Crippen molar-refractivity contribution in [3.8, 4) is 5.75 Å². The first-order valence-corrected chi connectivity index (χ1v) is 10.9. The fraction of sp³-hybridized carbons (Fsp3) is 0.381. The molecule has 0 radical (unpaired) electrons. The molecule has 1 fully saturated rings. The first-order valence-electron chi connectivity index (χ1n) is 9.96. The number of anilines is 1. The molecule has 4 rings (SSSR count). The molecule has 1 N–H and O–H groups in total. The summed E-state index contributed by atoms with van der Waals surface area (Å²) < 4.78 is 12.8. The molecule has 1 aromatic carbocycles. The van der Waals surface area contributed by atoms with Crippen LogP contribution in [0, 0.1) is 0 Å². The Morgan fingerprint density at radius 2 is 2.10 bits per heavy atom. The Balaban J connectivity index is 1.39. The molecule has 158 valence electrons. The number of methoxy groups -OCH3 is 1. The number of thioether (sulfide) groups is 1. The van der Waals surface area contributed by atoms with Crippen molar-refractivity contribution in [2.75, 3.05) is 30.9 Å². The summed E-state index contributed by atoms with van der Waals surface area (Å²) in [5, 5.41) is 12.4. The lowest BCUT2D eigenvalue weighted by atomic mass is 10.2. The molecule has 1 amide bonds. The van der Waals surface area contributed by atoms with E-state index in [9.17, 15) is 4.79 Å². The molecule has 0 unspecified atom stereocenters. The molecule has 30 heavy (non-hydrogen) atoms. The van der Waals surface area contributed by atoms with E-state index in [1.807, 2.05) is 41.0 Å². The second kappa shape index (κ2) is 9.71. The molecule has 9 heteroatoms. The summed E-state index contributed by atoms with van der Waals surface area (Å²) in [6.07, 6.45) is 3.97. The number of furan rings is 1. The normalized spacial score (nSPS) is 13.6. The summed E-state index contributed by atoms with van der Waals surface area (Å²) in [4.78, 5) is 14.6. The molecule has 0 spiro atoms. The number of carbonyl (C=O) groups excluding carboxylic acids is 1. The van der Waals surface area contributed by atoms with Crippen molar-refractivity contribution in [1.29, 1.82) is 0 Å². The average molecular weight is 428 g/mol. The highest BCUT2D eigenvalue weighted by molar-refractivity contribution is 7.99. The number of amides is 1. The van der Waals surface area contributed by atoms with Gasteiger partial charge in [0.2, 0.25) is 11.9 Å². The largest absolute Gasteiger partial charge is 0.497 e. The predicted octanol–water partition coefficient (Wildman–Crippen LogP) is 2.94. The summed E-state index contributed by atoms with van der Waals surface area (Å²) in [5.41, 5.74) is 0.991. The van der Waals surface area contributed by atoms with Crippen LogP contribution < -0.4 is 15.0 Å². The molecule has 0 atom stereocenters. The van der Waals surface area contributed by atoms with Crippen LogP contribution in [-0.2, 0) is 17.9 Å². The Morgan fingerprint density at radius 3 is 2.87 bits per heavy atom. The predicted molar refractivity (Wildman–Crippen MR) is 115 cm³/mol. The molecular formula is C21H25N5O3S. The number of hydrogen-bond donors (Lipinski definition) is 1. The van der Waals surface area contributed by atoms with Gasteiger partial charge in [-0.1, -0.05) is 23.9 Å². The second-order valence-electron chi connectivity index (χ2n) is 7.06. The highest BCUT2D eigenvalue weighted by Gasteiger charge is 2.22. The van der Waals surface area contributed by atoms with Crippen molar-refractivity contribution >= 4 is 23.6 Å². The van der Waals surface area contributed by atoms with E-state index in [1.54, 1.807) is 13.4 Å². The monoisotopic (exact) mass is 427 g/mol. The van der Waals surface area contributed by atoms with Crippen LogP contribution in [0.2, 0.25) is 0 Å². The minimum atomic E-state index is -0.0573. The summed E-state index contributed by atoms with van der Waals surface area (Å²) in [6, 6.07) is 11.5. The van der Waals surface area contributed by atoms with Gasteiger partial charge in [-0.05, 0) is 42.7 Å². The Hall–Kier alpha value is -2.94. The van der Waals surface area contributed by atoms with Crippen molar-refractivity contribution in [2.45, 2.75) is 31.1 Å². The third-order valence-corrected chi connectivity index (χ3v) is 5.90. The molecule has 0 bridgehead atoms. The minimum absolute atomic E-state index is 0.0573. The molecule has 0 saturated carbocycles. The van der Waals surface area contributed by atoms with Gasteiger partial charge in [0.1, 0.15) is 11.5 Å². The van der Waals surface area contributed by atoms with E-state index in [0.717, 1.165) is 49.0 Å². The van der Waals surface area contributed by atoms with E-state index in [4.69, 9.17) is 9.15 Å². The lowest BCUT2D eigenvalue weighted by Crippen LogP contribution is -2.25. The van der Waals surface area contributed by atoms with Crippen molar-refractivity contribution in [1.82, 2.24) is 20.1 Å². The number of hydrogen-bond acceptors (Lipinski definition) is 7. The van der Waals surface area contributed by atoms with Crippen LogP contribution in [-0.4, -0.2) is 46.6 Å². The van der Waals surface area contributed by atoms with Gasteiger partial charge in [-0.15, -0.1) is 10.2 Å². The molecule has 3 heterocycles. The Bertz CT molecular complexity index is 967. The van der Waals surface area contributed by atoms with E-state index in [1.165, 1.54) is 11.8 Å². The Kier molecular flexibility index (Phi) is 6.58. The molecule has 1 saturated heterocycles. The maximum atomic E-state index is 12.4. The lowest BCUT2D eigenvalue weighted by Gasteiger charge is -2.17. The van der Waals surface area contributed by atoms with E-state index >= 15 is 0 Å². The van der Waals surface area contributed by atoms with Crippen molar-refractivity contribution < 1.29 is 13.9 Å². The van der Waals surface area contributed by atoms with Crippen LogP contribution >= 0.6 is 11.8 Å². The fourth-order valence-electron chi connectivity index (χ4n) is 3.40. The zero-order chi connectivity index (χ0) is 20.8. The summed E-state index contributed by atoms with van der Waals surface area (Å²) >= 11 is 1.38. The highest BCUT2D eigenvalue weighted by atomic mass is 32.2. The fourth-order valence-corrected chi connectivity index (χ4v) is 4.16. The zero-order valence-corrected chi connectivity index (χ0v) is 17.7. The first kappa shape index (κ1) is 20.3. The standard InChI is InChI=1S/C21H25N5O3S/c1-28-17-7-4-6-16(12-17)13-22-19(27)15-30-21-24-23-20(25-9-2-3-10-25)26(21)14-18-8-5-11-29-18/h4-8,11-12H,2-3,9-10,13-15H2,1H3,(H,22,27). The van der Waals surface area contributed by atoms with Gasteiger partial charge in [-0.3, -0.25) is 9.36 Å². The smallest absolute Gasteiger partial charge is 0.230 e. The van der Waals surface area contributed by atoms with Crippen LogP contribution in [0.3, 0.4) is 0 Å². The molecule has 1 aliphatic heterocycles. The van der Waals surface area contributed by atoms with Crippen LogP contribution in [0.25, 0.3) is 0 Å². The summed E-state index contributed by atoms with van der Waals surface area (Å²) in [7, 11) is 1.63. The highest BCUT2D eigenvalue weighted by Crippen LogP contribution is 2.26. The number of benzene rings is 1. The Morgan fingerprint density at radius 1 is 1.23 bits per heavy atom. The number of nitrogens with one attached hydrogen (secondary N) is 1. The van der Waals surface area contributed by atoms with Gasteiger partial charge in [0.05, 0.1) is 25.7 Å². The van der Waals surface area contributed by atoms with Crippen LogP contribution in [0.1, 0.15) is 24.2 Å². The van der Waals surface area contributed by atoms with Gasteiger partial charge in [-0.2, -0.15) is 0 Å². The van der Waals surface area contributed by atoms with Gasteiger partial charge in [-0.25, -0.2) is 0 Å². The number of nitrogens with zero attached hydrogens (tertiary/aromatic N) is 4. The maximum Gasteiger partial charge on any atom is 0.230 e. The lowest BCUT2D eigenvalue weighted by molar-refractivity contribution is -0.118. The molecule has 0 aliphatic carbocycles. The van der Waals surface area contributed by atoms with Crippen LogP contribution in [0.5, 0.6) is 5.75 Å². The minimum Gasteiger partial charge on any atom is -0.497 e. The van der Waals surface area contributed by atoms with E-state index in [2.05, 4.69) is 20.4 Å². The van der Waals surface area contributed by atoms with Gasteiger partial charge in [0, 0.05) is 19.6 Å². The van der Waals surface area contributed by atoms with Gasteiger partial charge < -0.3 is 19.4 Å². The quantitative estimate of drug-likeness (QED) is 0.526. The van der Waals surface area contributed by atoms with Gasteiger partial charge in [0.25, 0.3) is 0 Å².